The lowest BCUT2D eigenvalue weighted by atomic mass is 10.1. The lowest BCUT2D eigenvalue weighted by Gasteiger charge is -2.03. The van der Waals surface area contributed by atoms with Crippen LogP contribution in [0.5, 0.6) is 5.75 Å². The van der Waals surface area contributed by atoms with E-state index in [-0.39, 0.29) is 5.75 Å². The van der Waals surface area contributed by atoms with Crippen molar-refractivity contribution in [2.24, 2.45) is 0 Å². The lowest BCUT2D eigenvalue weighted by molar-refractivity contribution is 0.493. The van der Waals surface area contributed by atoms with Gasteiger partial charge in [0.05, 0.1) is 17.9 Å². The van der Waals surface area contributed by atoms with Crippen LogP contribution in [0, 0.1) is 18.3 Å². The van der Waals surface area contributed by atoms with E-state index >= 15 is 0 Å². The number of nitrogens with zero attached hydrogens (tertiary/aromatic N) is 1. The van der Waals surface area contributed by atoms with Gasteiger partial charge in [0.15, 0.2) is 0 Å². The first-order valence-electron chi connectivity index (χ1n) is 3.82. The standard InChI is InChI=1S/C9H9NO3S/c1-7-5-9(13-14(2,11)12)4-3-8(7)6-10/h3-5H,1-2H3. The Morgan fingerprint density at radius 2 is 2.07 bits per heavy atom. The minimum absolute atomic E-state index is 0.226. The van der Waals surface area contributed by atoms with E-state index in [9.17, 15) is 8.42 Å². The van der Waals surface area contributed by atoms with Crippen molar-refractivity contribution in [2.45, 2.75) is 6.92 Å². The van der Waals surface area contributed by atoms with Crippen molar-refractivity contribution in [3.05, 3.63) is 29.3 Å². The Kier molecular flexibility index (Phi) is 2.77. The normalized spacial score (nSPS) is 10.6. The van der Waals surface area contributed by atoms with Gasteiger partial charge in [0.2, 0.25) is 0 Å². The molecule has 0 saturated heterocycles. The molecule has 0 heterocycles. The molecule has 0 aliphatic rings. The number of benzene rings is 1. The molecule has 1 rings (SSSR count). The second kappa shape index (κ2) is 3.68. The van der Waals surface area contributed by atoms with Crippen molar-refractivity contribution in [1.29, 1.82) is 5.26 Å². The predicted molar refractivity (Wildman–Crippen MR) is 51.4 cm³/mol. The average molecular weight is 211 g/mol. The fraction of sp³-hybridized carbons (Fsp3) is 0.222. The summed E-state index contributed by atoms with van der Waals surface area (Å²) in [5, 5.41) is 8.63. The largest absolute Gasteiger partial charge is 0.383 e. The zero-order valence-corrected chi connectivity index (χ0v) is 8.63. The van der Waals surface area contributed by atoms with Crippen LogP contribution >= 0.6 is 0 Å². The van der Waals surface area contributed by atoms with Gasteiger partial charge >= 0.3 is 10.1 Å². The Labute approximate surface area is 82.9 Å². The van der Waals surface area contributed by atoms with E-state index in [2.05, 4.69) is 4.18 Å². The molecule has 0 fully saturated rings. The molecule has 1 aromatic carbocycles. The molecule has 0 aliphatic carbocycles. The molecule has 0 radical (unpaired) electrons. The minimum Gasteiger partial charge on any atom is -0.383 e. The summed E-state index contributed by atoms with van der Waals surface area (Å²) in [5.41, 5.74) is 1.19. The monoisotopic (exact) mass is 211 g/mol. The average Bonchev–Trinajstić information content (AvgIpc) is 2.01. The van der Waals surface area contributed by atoms with Gasteiger partial charge in [-0.25, -0.2) is 0 Å². The molecule has 14 heavy (non-hydrogen) atoms. The first-order chi connectivity index (χ1) is 6.42. The maximum Gasteiger partial charge on any atom is 0.306 e. The van der Waals surface area contributed by atoms with Crippen LogP contribution in [0.3, 0.4) is 0 Å². The van der Waals surface area contributed by atoms with Crippen LogP contribution in [-0.4, -0.2) is 14.7 Å². The fourth-order valence-corrected chi connectivity index (χ4v) is 1.44. The van der Waals surface area contributed by atoms with Gasteiger partial charge in [-0.2, -0.15) is 13.7 Å². The zero-order chi connectivity index (χ0) is 10.8. The van der Waals surface area contributed by atoms with Crippen molar-refractivity contribution >= 4 is 10.1 Å². The summed E-state index contributed by atoms with van der Waals surface area (Å²) in [7, 11) is -3.50. The summed E-state index contributed by atoms with van der Waals surface area (Å²) >= 11 is 0. The molecule has 74 valence electrons. The Morgan fingerprint density at radius 3 is 2.50 bits per heavy atom. The summed E-state index contributed by atoms with van der Waals surface area (Å²) in [6.45, 7) is 1.72. The van der Waals surface area contributed by atoms with Gasteiger partial charge < -0.3 is 4.18 Å². The second-order valence-electron chi connectivity index (χ2n) is 2.88. The molecular weight excluding hydrogens is 202 g/mol. The summed E-state index contributed by atoms with van der Waals surface area (Å²) in [5.74, 6) is 0.226. The van der Waals surface area contributed by atoms with Gasteiger partial charge in [0.25, 0.3) is 0 Å². The second-order valence-corrected chi connectivity index (χ2v) is 4.45. The van der Waals surface area contributed by atoms with Crippen molar-refractivity contribution in [3.8, 4) is 11.8 Å². The van der Waals surface area contributed by atoms with Crippen molar-refractivity contribution in [2.75, 3.05) is 6.26 Å². The molecule has 0 atom stereocenters. The molecule has 0 aliphatic heterocycles. The molecule has 0 N–H and O–H groups in total. The Morgan fingerprint density at radius 1 is 1.43 bits per heavy atom. The van der Waals surface area contributed by atoms with Gasteiger partial charge in [0.1, 0.15) is 5.75 Å². The van der Waals surface area contributed by atoms with Crippen LogP contribution in [0.4, 0.5) is 0 Å². The van der Waals surface area contributed by atoms with Gasteiger partial charge in [-0.1, -0.05) is 0 Å². The quantitative estimate of drug-likeness (QED) is 0.689. The van der Waals surface area contributed by atoms with Crippen LogP contribution in [0.1, 0.15) is 11.1 Å². The summed E-state index contributed by atoms with van der Waals surface area (Å²) in [4.78, 5) is 0. The van der Waals surface area contributed by atoms with E-state index in [0.717, 1.165) is 6.26 Å². The minimum atomic E-state index is -3.50. The molecule has 0 unspecified atom stereocenters. The van der Waals surface area contributed by atoms with Crippen molar-refractivity contribution in [1.82, 2.24) is 0 Å². The predicted octanol–water partition coefficient (Wildman–Crippen LogP) is 1.21. The number of aryl methyl sites for hydroxylation is 1. The van der Waals surface area contributed by atoms with Crippen LogP contribution < -0.4 is 4.18 Å². The molecule has 0 amide bonds. The Hall–Kier alpha value is -1.54. The highest BCUT2D eigenvalue weighted by Gasteiger charge is 2.05. The number of rotatable bonds is 2. The fourth-order valence-electron chi connectivity index (χ4n) is 0.988. The van der Waals surface area contributed by atoms with Crippen LogP contribution in [0.15, 0.2) is 18.2 Å². The third-order valence-electron chi connectivity index (χ3n) is 1.57. The highest BCUT2D eigenvalue weighted by Crippen LogP contribution is 2.17. The summed E-state index contributed by atoms with van der Waals surface area (Å²) < 4.78 is 26.2. The first kappa shape index (κ1) is 10.5. The van der Waals surface area contributed by atoms with Crippen molar-refractivity contribution < 1.29 is 12.6 Å². The van der Waals surface area contributed by atoms with Gasteiger partial charge in [0, 0.05) is 0 Å². The molecule has 0 aromatic heterocycles. The van der Waals surface area contributed by atoms with E-state index in [1.54, 1.807) is 6.92 Å². The first-order valence-corrected chi connectivity index (χ1v) is 5.64. The molecule has 0 saturated carbocycles. The van der Waals surface area contributed by atoms with E-state index in [1.165, 1.54) is 18.2 Å². The van der Waals surface area contributed by atoms with Crippen molar-refractivity contribution in [3.63, 3.8) is 0 Å². The maximum atomic E-state index is 10.8. The van der Waals surface area contributed by atoms with Gasteiger partial charge in [-0.05, 0) is 30.7 Å². The topological polar surface area (TPSA) is 67.2 Å². The SMILES string of the molecule is Cc1cc(OS(C)(=O)=O)ccc1C#N. The highest BCUT2D eigenvalue weighted by molar-refractivity contribution is 7.86. The highest BCUT2D eigenvalue weighted by atomic mass is 32.2. The van der Waals surface area contributed by atoms with E-state index in [1.807, 2.05) is 6.07 Å². The zero-order valence-electron chi connectivity index (χ0n) is 7.81. The van der Waals surface area contributed by atoms with Gasteiger partial charge in [-0.3, -0.25) is 0 Å². The molecule has 0 spiro atoms. The Bertz CT molecular complexity index is 485. The number of hydrogen-bond donors (Lipinski definition) is 0. The van der Waals surface area contributed by atoms with Gasteiger partial charge in [-0.15, -0.1) is 0 Å². The smallest absolute Gasteiger partial charge is 0.306 e. The van der Waals surface area contributed by atoms with Crippen LogP contribution in [0.2, 0.25) is 0 Å². The van der Waals surface area contributed by atoms with E-state index in [0.29, 0.717) is 11.1 Å². The Balaban J connectivity index is 3.06. The molecule has 5 heteroatoms. The molecular formula is C9H9NO3S. The van der Waals surface area contributed by atoms with Crippen LogP contribution in [-0.2, 0) is 10.1 Å². The summed E-state index contributed by atoms with van der Waals surface area (Å²) in [6, 6.07) is 6.47. The molecule has 0 bridgehead atoms. The van der Waals surface area contributed by atoms with E-state index in [4.69, 9.17) is 5.26 Å². The summed E-state index contributed by atoms with van der Waals surface area (Å²) in [6.07, 6.45) is 0.973. The molecule has 4 nitrogen and oxygen atoms in total. The van der Waals surface area contributed by atoms with Crippen LogP contribution in [0.25, 0.3) is 0 Å². The number of hydrogen-bond acceptors (Lipinski definition) is 4. The maximum absolute atomic E-state index is 10.8. The van der Waals surface area contributed by atoms with E-state index < -0.39 is 10.1 Å². The molecule has 1 aromatic rings. The third-order valence-corrected chi connectivity index (χ3v) is 2.06. The number of nitriles is 1. The third kappa shape index (κ3) is 2.75. The lowest BCUT2D eigenvalue weighted by Crippen LogP contribution is -2.05.